The van der Waals surface area contributed by atoms with Gasteiger partial charge in [-0.05, 0) is 48.7 Å². The highest BCUT2D eigenvalue weighted by Gasteiger charge is 2.34. The van der Waals surface area contributed by atoms with Crippen molar-refractivity contribution in [3.8, 4) is 0 Å². The van der Waals surface area contributed by atoms with Crippen LogP contribution in [0.3, 0.4) is 0 Å². The third-order valence-electron chi connectivity index (χ3n) is 5.70. The van der Waals surface area contributed by atoms with E-state index in [1.54, 1.807) is 12.1 Å². The number of halogens is 3. The topological polar surface area (TPSA) is 47.9 Å². The summed E-state index contributed by atoms with van der Waals surface area (Å²) in [6.45, 7) is 1.73. The minimum absolute atomic E-state index is 0.160. The molecule has 164 valence electrons. The molecule has 8 heteroatoms. The van der Waals surface area contributed by atoms with Crippen LogP contribution in [-0.2, 0) is 4.79 Å². The number of benzene rings is 2. The molecule has 0 spiro atoms. The van der Waals surface area contributed by atoms with Gasteiger partial charge in [-0.1, -0.05) is 66.2 Å². The van der Waals surface area contributed by atoms with Gasteiger partial charge in [-0.15, -0.1) is 0 Å². The predicted octanol–water partition coefficient (Wildman–Crippen LogP) is 6.25. The highest BCUT2D eigenvalue weighted by atomic mass is 35.5. The number of hydrazone groups is 1. The second-order valence-electron chi connectivity index (χ2n) is 7.95. The van der Waals surface area contributed by atoms with Crippen LogP contribution in [0.1, 0.15) is 50.1 Å². The molecule has 2 aromatic carbocycles. The molecular formula is C23H25Cl3N4O. The van der Waals surface area contributed by atoms with Crippen molar-refractivity contribution in [2.75, 3.05) is 18.1 Å². The molecule has 2 aliphatic rings. The second kappa shape index (κ2) is 10.2. The molecule has 1 saturated heterocycles. The van der Waals surface area contributed by atoms with E-state index in [1.807, 2.05) is 40.3 Å². The van der Waals surface area contributed by atoms with Crippen LogP contribution in [0.4, 0.5) is 5.69 Å². The zero-order valence-corrected chi connectivity index (χ0v) is 19.4. The molecule has 2 aromatic rings. The molecule has 0 aromatic heterocycles. The number of amides is 1. The molecule has 2 heterocycles. The Bertz CT molecular complexity index is 956. The zero-order chi connectivity index (χ0) is 21.8. The van der Waals surface area contributed by atoms with Crippen LogP contribution in [0.2, 0.25) is 15.1 Å². The lowest BCUT2D eigenvalue weighted by Gasteiger charge is -2.25. The van der Waals surface area contributed by atoms with E-state index in [1.165, 1.54) is 19.3 Å². The number of rotatable bonds is 4. The number of carbonyl (C=O) groups excluding carboxylic acids is 1. The van der Waals surface area contributed by atoms with Crippen molar-refractivity contribution < 1.29 is 4.79 Å². The smallest absolute Gasteiger partial charge is 0.281 e. The zero-order valence-electron chi connectivity index (χ0n) is 17.2. The lowest BCUT2D eigenvalue weighted by atomic mass is 10.0. The Hall–Kier alpha value is -1.79. The van der Waals surface area contributed by atoms with E-state index >= 15 is 0 Å². The van der Waals surface area contributed by atoms with E-state index in [0.29, 0.717) is 32.9 Å². The van der Waals surface area contributed by atoms with Crippen LogP contribution in [-0.4, -0.2) is 29.7 Å². The summed E-state index contributed by atoms with van der Waals surface area (Å²) in [4.78, 5) is 13.1. The minimum Gasteiger partial charge on any atom is -0.284 e. The van der Waals surface area contributed by atoms with Gasteiger partial charge in [0.2, 0.25) is 0 Å². The number of anilines is 1. The van der Waals surface area contributed by atoms with Gasteiger partial charge in [-0.2, -0.15) is 5.10 Å². The molecule has 0 radical (unpaired) electrons. The predicted molar refractivity (Wildman–Crippen MR) is 128 cm³/mol. The summed E-state index contributed by atoms with van der Waals surface area (Å²) in [6, 6.07) is 12.7. The summed E-state index contributed by atoms with van der Waals surface area (Å²) in [5.74, 6) is -0.160. The number of carbonyl (C=O) groups is 1. The van der Waals surface area contributed by atoms with Gasteiger partial charge in [0.25, 0.3) is 5.91 Å². The van der Waals surface area contributed by atoms with Crippen molar-refractivity contribution in [2.24, 2.45) is 5.10 Å². The molecule has 1 amide bonds. The average Bonchev–Trinajstić information content (AvgIpc) is 3.15. The highest BCUT2D eigenvalue weighted by molar-refractivity contribution is 6.40. The molecule has 4 rings (SSSR count). The van der Waals surface area contributed by atoms with E-state index in [9.17, 15) is 4.79 Å². The lowest BCUT2D eigenvalue weighted by molar-refractivity contribution is -0.119. The van der Waals surface area contributed by atoms with Crippen molar-refractivity contribution in [1.29, 1.82) is 0 Å². The largest absolute Gasteiger partial charge is 0.284 e. The number of hydrazine groups is 1. The standard InChI is InChI=1S/C23H25Cl3N4O/c24-17-8-6-16(7-9-17)22-15-20(23(31)28-29-12-4-2-1-3-5-13-29)27-30(22)21-11-10-18(25)14-19(21)26/h6-11,14,22H,1-5,12-13,15H2,(H,28,31)/t22-/m1/s1. The fourth-order valence-corrected chi connectivity index (χ4v) is 4.67. The molecule has 31 heavy (non-hydrogen) atoms. The Morgan fingerprint density at radius 1 is 0.903 bits per heavy atom. The van der Waals surface area contributed by atoms with Crippen LogP contribution >= 0.6 is 34.8 Å². The maximum Gasteiger partial charge on any atom is 0.281 e. The van der Waals surface area contributed by atoms with Crippen LogP contribution in [0.25, 0.3) is 0 Å². The maximum absolute atomic E-state index is 13.1. The normalized spacial score (nSPS) is 20.2. The number of nitrogens with one attached hydrogen (secondary N) is 1. The molecule has 5 nitrogen and oxygen atoms in total. The highest BCUT2D eigenvalue weighted by Crippen LogP contribution is 2.39. The minimum atomic E-state index is -0.163. The molecule has 0 saturated carbocycles. The van der Waals surface area contributed by atoms with E-state index in [4.69, 9.17) is 34.8 Å². The van der Waals surface area contributed by atoms with Crippen LogP contribution < -0.4 is 10.4 Å². The SMILES string of the molecule is O=C(NN1CCCCCCC1)C1=NN(c2ccc(Cl)cc2Cl)[C@@H](c2ccc(Cl)cc2)C1. The Morgan fingerprint density at radius 3 is 2.23 bits per heavy atom. The monoisotopic (exact) mass is 478 g/mol. The third kappa shape index (κ3) is 5.53. The van der Waals surface area contributed by atoms with Crippen molar-refractivity contribution >= 4 is 52.1 Å². The van der Waals surface area contributed by atoms with Gasteiger partial charge in [-0.25, -0.2) is 5.01 Å². The van der Waals surface area contributed by atoms with E-state index in [0.717, 1.165) is 31.5 Å². The fourth-order valence-electron chi connectivity index (χ4n) is 4.05. The summed E-state index contributed by atoms with van der Waals surface area (Å²) in [5, 5.41) is 10.2. The van der Waals surface area contributed by atoms with E-state index < -0.39 is 0 Å². The van der Waals surface area contributed by atoms with E-state index in [-0.39, 0.29) is 11.9 Å². The summed E-state index contributed by atoms with van der Waals surface area (Å²) in [7, 11) is 0. The number of nitrogens with zero attached hydrogens (tertiary/aromatic N) is 3. The van der Waals surface area contributed by atoms with Gasteiger partial charge in [0.1, 0.15) is 5.71 Å². The van der Waals surface area contributed by atoms with Gasteiger partial charge in [0.15, 0.2) is 0 Å². The molecular weight excluding hydrogens is 455 g/mol. The molecule has 0 bridgehead atoms. The van der Waals surface area contributed by atoms with Gasteiger partial charge in [-0.3, -0.25) is 15.2 Å². The molecule has 0 aliphatic carbocycles. The summed E-state index contributed by atoms with van der Waals surface area (Å²) >= 11 is 18.6. The van der Waals surface area contributed by atoms with Crippen molar-refractivity contribution in [2.45, 2.75) is 44.6 Å². The Kier molecular flexibility index (Phi) is 7.39. The summed E-state index contributed by atoms with van der Waals surface area (Å²) < 4.78 is 0. The number of hydrogen-bond acceptors (Lipinski definition) is 4. The summed E-state index contributed by atoms with van der Waals surface area (Å²) in [6.07, 6.45) is 6.33. The second-order valence-corrected chi connectivity index (χ2v) is 9.23. The molecule has 1 N–H and O–H groups in total. The Labute approximate surface area is 197 Å². The van der Waals surface area contributed by atoms with Gasteiger partial charge in [0.05, 0.1) is 16.8 Å². The fraction of sp³-hybridized carbons (Fsp3) is 0.391. The van der Waals surface area contributed by atoms with Crippen LogP contribution in [0.5, 0.6) is 0 Å². The third-order valence-corrected chi connectivity index (χ3v) is 6.49. The number of hydrogen-bond donors (Lipinski definition) is 1. The first kappa shape index (κ1) is 22.4. The van der Waals surface area contributed by atoms with Gasteiger partial charge in [0, 0.05) is 29.6 Å². The Balaban J connectivity index is 1.58. The first-order valence-corrected chi connectivity index (χ1v) is 11.8. The van der Waals surface area contributed by atoms with E-state index in [2.05, 4.69) is 10.5 Å². The quantitative estimate of drug-likeness (QED) is 0.563. The van der Waals surface area contributed by atoms with Crippen molar-refractivity contribution in [3.63, 3.8) is 0 Å². The van der Waals surface area contributed by atoms with Crippen molar-refractivity contribution in [3.05, 3.63) is 63.1 Å². The maximum atomic E-state index is 13.1. The van der Waals surface area contributed by atoms with Gasteiger partial charge < -0.3 is 0 Å². The van der Waals surface area contributed by atoms with Gasteiger partial charge >= 0.3 is 0 Å². The van der Waals surface area contributed by atoms with Crippen LogP contribution in [0, 0.1) is 0 Å². The molecule has 2 aliphatic heterocycles. The Morgan fingerprint density at radius 2 is 1.55 bits per heavy atom. The first-order valence-electron chi connectivity index (χ1n) is 10.6. The lowest BCUT2D eigenvalue weighted by Crippen LogP contribution is -2.46. The first-order chi connectivity index (χ1) is 15.0. The molecule has 1 atom stereocenters. The van der Waals surface area contributed by atoms with Crippen LogP contribution in [0.15, 0.2) is 47.6 Å². The average molecular weight is 480 g/mol. The van der Waals surface area contributed by atoms with Crippen molar-refractivity contribution in [1.82, 2.24) is 10.4 Å². The summed E-state index contributed by atoms with van der Waals surface area (Å²) in [5.41, 5.74) is 5.26. The molecule has 0 unspecified atom stereocenters. The molecule has 1 fully saturated rings.